The largest absolute Gasteiger partial charge is 0.378 e. The van der Waals surface area contributed by atoms with Gasteiger partial charge < -0.3 is 19.9 Å². The van der Waals surface area contributed by atoms with Gasteiger partial charge in [-0.3, -0.25) is 4.79 Å². The van der Waals surface area contributed by atoms with Crippen molar-refractivity contribution in [3.05, 3.63) is 53.6 Å². The first-order valence-corrected chi connectivity index (χ1v) is 10.8. The molecule has 2 heterocycles. The van der Waals surface area contributed by atoms with Gasteiger partial charge >= 0.3 is 6.03 Å². The quantitative estimate of drug-likeness (QED) is 0.711. The van der Waals surface area contributed by atoms with Gasteiger partial charge in [-0.2, -0.15) is 0 Å². The van der Waals surface area contributed by atoms with Gasteiger partial charge in [0.25, 0.3) is 0 Å². The Bertz CT molecular complexity index is 960. The molecule has 0 aromatic heterocycles. The van der Waals surface area contributed by atoms with Crippen LogP contribution in [0.2, 0.25) is 0 Å². The number of piperidine rings is 1. The monoisotopic (exact) mass is 405 g/mol. The maximum atomic E-state index is 12.8. The number of anilines is 1. The summed E-state index contributed by atoms with van der Waals surface area (Å²) >= 11 is 0. The summed E-state index contributed by atoms with van der Waals surface area (Å²) in [6.07, 6.45) is 2.36. The van der Waals surface area contributed by atoms with E-state index in [1.165, 1.54) is 22.3 Å². The van der Waals surface area contributed by atoms with Gasteiger partial charge in [-0.15, -0.1) is 0 Å². The zero-order valence-electron chi connectivity index (χ0n) is 17.1. The molecule has 3 amide bonds. The lowest BCUT2D eigenvalue weighted by molar-refractivity contribution is -0.140. The molecule has 30 heavy (non-hydrogen) atoms. The van der Waals surface area contributed by atoms with Crippen LogP contribution < -0.4 is 5.32 Å². The van der Waals surface area contributed by atoms with Gasteiger partial charge in [0, 0.05) is 37.8 Å². The first-order valence-electron chi connectivity index (χ1n) is 10.8. The topological polar surface area (TPSA) is 61.9 Å². The molecular formula is C24H27N3O3. The highest BCUT2D eigenvalue weighted by atomic mass is 16.5. The van der Waals surface area contributed by atoms with Gasteiger partial charge in [0.1, 0.15) is 0 Å². The molecule has 6 heteroatoms. The van der Waals surface area contributed by atoms with Crippen molar-refractivity contribution < 1.29 is 14.3 Å². The molecule has 3 aliphatic rings. The van der Waals surface area contributed by atoms with Crippen LogP contribution in [-0.4, -0.2) is 61.1 Å². The summed E-state index contributed by atoms with van der Waals surface area (Å²) in [5.74, 6) is 0.238. The van der Waals surface area contributed by atoms with E-state index in [0.717, 1.165) is 24.9 Å². The number of hydrogen-bond donors (Lipinski definition) is 1. The van der Waals surface area contributed by atoms with Crippen LogP contribution in [0.4, 0.5) is 10.5 Å². The number of benzene rings is 2. The average Bonchev–Trinajstić information content (AvgIpc) is 3.17. The van der Waals surface area contributed by atoms with Crippen LogP contribution in [0.5, 0.6) is 0 Å². The highest BCUT2D eigenvalue weighted by Gasteiger charge is 2.31. The Hall–Kier alpha value is -2.86. The van der Waals surface area contributed by atoms with Crippen molar-refractivity contribution in [1.29, 1.82) is 0 Å². The molecule has 2 fully saturated rings. The van der Waals surface area contributed by atoms with Crippen LogP contribution in [0.15, 0.2) is 42.5 Å². The number of rotatable bonds is 2. The molecule has 1 aliphatic carbocycles. The molecule has 2 aromatic carbocycles. The van der Waals surface area contributed by atoms with Crippen LogP contribution in [-0.2, 0) is 16.0 Å². The highest BCUT2D eigenvalue weighted by Crippen LogP contribution is 2.37. The molecule has 156 valence electrons. The van der Waals surface area contributed by atoms with E-state index >= 15 is 0 Å². The minimum atomic E-state index is -0.0808. The van der Waals surface area contributed by atoms with Gasteiger partial charge in [-0.05, 0) is 53.6 Å². The zero-order valence-corrected chi connectivity index (χ0v) is 17.1. The van der Waals surface area contributed by atoms with Crippen molar-refractivity contribution in [2.24, 2.45) is 5.92 Å². The minimum absolute atomic E-state index is 0.0191. The third-order valence-corrected chi connectivity index (χ3v) is 6.50. The Morgan fingerprint density at radius 3 is 2.40 bits per heavy atom. The molecule has 0 atom stereocenters. The third-order valence-electron chi connectivity index (χ3n) is 6.50. The standard InChI is InChI=1S/C24H27N3O3/c28-23(26-11-13-30-14-12-26)17-7-9-27(10-8-17)24(29)25-20-5-6-22-19(16-20)15-18-3-1-2-4-21(18)22/h1-6,16-17H,7-15H2,(H,25,29). The Morgan fingerprint density at radius 1 is 0.867 bits per heavy atom. The maximum absolute atomic E-state index is 12.8. The minimum Gasteiger partial charge on any atom is -0.378 e. The number of urea groups is 1. The molecule has 2 aromatic rings. The summed E-state index contributed by atoms with van der Waals surface area (Å²) in [7, 11) is 0. The molecule has 2 aliphatic heterocycles. The molecular weight excluding hydrogens is 378 g/mol. The van der Waals surface area contributed by atoms with Gasteiger partial charge in [0.2, 0.25) is 5.91 Å². The maximum Gasteiger partial charge on any atom is 0.321 e. The predicted octanol–water partition coefficient (Wildman–Crippen LogP) is 3.36. The number of fused-ring (bicyclic) bond motifs is 3. The number of ether oxygens (including phenoxy) is 1. The number of morpholine rings is 1. The molecule has 2 saturated heterocycles. The fourth-order valence-electron chi connectivity index (χ4n) is 4.80. The second-order valence-electron chi connectivity index (χ2n) is 8.33. The van der Waals surface area contributed by atoms with Crippen LogP contribution >= 0.6 is 0 Å². The second-order valence-corrected chi connectivity index (χ2v) is 8.33. The molecule has 6 nitrogen and oxygen atoms in total. The number of amides is 3. The van der Waals surface area contributed by atoms with E-state index in [9.17, 15) is 9.59 Å². The molecule has 5 rings (SSSR count). The van der Waals surface area contributed by atoms with E-state index in [0.29, 0.717) is 39.4 Å². The van der Waals surface area contributed by atoms with E-state index in [1.54, 1.807) is 0 Å². The SMILES string of the molecule is O=C(Nc1ccc2c(c1)Cc1ccccc1-2)N1CCC(C(=O)N2CCOCC2)CC1. The van der Waals surface area contributed by atoms with Crippen molar-refractivity contribution >= 4 is 17.6 Å². The number of carbonyl (C=O) groups excluding carboxylic acids is 2. The summed E-state index contributed by atoms with van der Waals surface area (Å²) in [6, 6.07) is 14.5. The van der Waals surface area contributed by atoms with Crippen molar-refractivity contribution in [3.8, 4) is 11.1 Å². The molecule has 0 unspecified atom stereocenters. The molecule has 0 spiro atoms. The van der Waals surface area contributed by atoms with Gasteiger partial charge in [-0.1, -0.05) is 30.3 Å². The zero-order chi connectivity index (χ0) is 20.5. The fraction of sp³-hybridized carbons (Fsp3) is 0.417. The normalized spacial score (nSPS) is 18.7. The van der Waals surface area contributed by atoms with E-state index in [4.69, 9.17) is 4.74 Å². The van der Waals surface area contributed by atoms with Gasteiger partial charge in [-0.25, -0.2) is 4.79 Å². The first kappa shape index (κ1) is 19.1. The lowest BCUT2D eigenvalue weighted by Crippen LogP contribution is -2.48. The molecule has 1 N–H and O–H groups in total. The smallest absolute Gasteiger partial charge is 0.321 e. The summed E-state index contributed by atoms with van der Waals surface area (Å²) in [5.41, 5.74) is 5.97. The molecule has 0 radical (unpaired) electrons. The van der Waals surface area contributed by atoms with Crippen molar-refractivity contribution in [3.63, 3.8) is 0 Å². The van der Waals surface area contributed by atoms with E-state index < -0.39 is 0 Å². The Labute approximate surface area is 176 Å². The highest BCUT2D eigenvalue weighted by molar-refractivity contribution is 5.91. The summed E-state index contributed by atoms with van der Waals surface area (Å²) < 4.78 is 5.33. The van der Waals surface area contributed by atoms with Gasteiger partial charge in [0.05, 0.1) is 13.2 Å². The number of carbonyl (C=O) groups is 2. The van der Waals surface area contributed by atoms with E-state index in [-0.39, 0.29) is 17.9 Å². The summed E-state index contributed by atoms with van der Waals surface area (Å²) in [4.78, 5) is 29.2. The number of nitrogens with zero attached hydrogens (tertiary/aromatic N) is 2. The fourth-order valence-corrected chi connectivity index (χ4v) is 4.80. The lowest BCUT2D eigenvalue weighted by Gasteiger charge is -2.35. The van der Waals surface area contributed by atoms with E-state index in [1.807, 2.05) is 15.9 Å². The third kappa shape index (κ3) is 3.67. The van der Waals surface area contributed by atoms with Crippen LogP contribution in [0, 0.1) is 5.92 Å². The molecule has 0 bridgehead atoms. The number of hydrogen-bond acceptors (Lipinski definition) is 3. The van der Waals surface area contributed by atoms with E-state index in [2.05, 4.69) is 41.7 Å². The summed E-state index contributed by atoms with van der Waals surface area (Å²) in [6.45, 7) is 3.84. The average molecular weight is 405 g/mol. The van der Waals surface area contributed by atoms with Gasteiger partial charge in [0.15, 0.2) is 0 Å². The Morgan fingerprint density at radius 2 is 1.60 bits per heavy atom. The second kappa shape index (κ2) is 8.11. The van der Waals surface area contributed by atoms with Crippen LogP contribution in [0.3, 0.4) is 0 Å². The number of nitrogens with one attached hydrogen (secondary N) is 1. The predicted molar refractivity (Wildman–Crippen MR) is 115 cm³/mol. The van der Waals surface area contributed by atoms with Crippen molar-refractivity contribution in [2.75, 3.05) is 44.7 Å². The number of likely N-dealkylation sites (tertiary alicyclic amines) is 1. The molecule has 0 saturated carbocycles. The first-order chi connectivity index (χ1) is 14.7. The summed E-state index contributed by atoms with van der Waals surface area (Å²) in [5, 5.41) is 3.05. The Balaban J connectivity index is 1.17. The van der Waals surface area contributed by atoms with Crippen LogP contribution in [0.25, 0.3) is 11.1 Å². The van der Waals surface area contributed by atoms with Crippen molar-refractivity contribution in [1.82, 2.24) is 9.80 Å². The Kier molecular flexibility index (Phi) is 5.17. The van der Waals surface area contributed by atoms with Crippen LogP contribution in [0.1, 0.15) is 24.0 Å². The lowest BCUT2D eigenvalue weighted by atomic mass is 9.95. The van der Waals surface area contributed by atoms with Crippen molar-refractivity contribution in [2.45, 2.75) is 19.3 Å².